The second-order valence-electron chi connectivity index (χ2n) is 4.73. The smallest absolute Gasteiger partial charge is 0.305 e. The lowest BCUT2D eigenvalue weighted by atomic mass is 9.93. The van der Waals surface area contributed by atoms with E-state index in [-0.39, 0.29) is 23.6 Å². The second kappa shape index (κ2) is 5.99. The van der Waals surface area contributed by atoms with E-state index in [2.05, 4.69) is 5.32 Å². The molecule has 0 aliphatic carbocycles. The van der Waals surface area contributed by atoms with Crippen molar-refractivity contribution in [2.75, 3.05) is 13.2 Å². The predicted octanol–water partition coefficient (Wildman–Crippen LogP) is 2.36. The number of amides is 1. The van der Waals surface area contributed by atoms with Gasteiger partial charge in [-0.15, -0.1) is 0 Å². The van der Waals surface area contributed by atoms with Crippen molar-refractivity contribution >= 4 is 35.1 Å². The molecule has 0 aromatic heterocycles. The molecule has 108 valence electrons. The third kappa shape index (κ3) is 3.42. The van der Waals surface area contributed by atoms with Crippen LogP contribution in [-0.4, -0.2) is 35.7 Å². The largest absolute Gasteiger partial charge is 0.481 e. The lowest BCUT2D eigenvalue weighted by Crippen LogP contribution is -2.50. The van der Waals surface area contributed by atoms with Gasteiger partial charge >= 0.3 is 5.97 Å². The molecule has 1 aromatic carbocycles. The molecule has 0 radical (unpaired) electrons. The molecule has 0 spiro atoms. The van der Waals surface area contributed by atoms with Crippen LogP contribution in [0.2, 0.25) is 10.0 Å². The highest BCUT2D eigenvalue weighted by Crippen LogP contribution is 2.26. The number of hydrogen-bond acceptors (Lipinski definition) is 3. The molecule has 1 amide bonds. The van der Waals surface area contributed by atoms with E-state index in [4.69, 9.17) is 33.0 Å². The summed E-state index contributed by atoms with van der Waals surface area (Å²) in [6.45, 7) is 0.583. The first-order chi connectivity index (χ1) is 9.42. The van der Waals surface area contributed by atoms with Crippen LogP contribution in [0, 0.1) is 0 Å². The Hall–Kier alpha value is -1.30. The average molecular weight is 318 g/mol. The van der Waals surface area contributed by atoms with Crippen LogP contribution in [-0.2, 0) is 9.53 Å². The summed E-state index contributed by atoms with van der Waals surface area (Å²) in [6.07, 6.45) is 0.250. The molecule has 1 aromatic rings. The molecule has 1 unspecified atom stereocenters. The van der Waals surface area contributed by atoms with Crippen LogP contribution in [0.5, 0.6) is 0 Å². The predicted molar refractivity (Wildman–Crippen MR) is 74.3 cm³/mol. The van der Waals surface area contributed by atoms with Crippen LogP contribution in [0.15, 0.2) is 18.2 Å². The lowest BCUT2D eigenvalue weighted by Gasteiger charge is -2.27. The molecule has 5 nitrogen and oxygen atoms in total. The summed E-state index contributed by atoms with van der Waals surface area (Å²) < 4.78 is 5.21. The number of benzene rings is 1. The molecule has 2 N–H and O–H groups in total. The van der Waals surface area contributed by atoms with E-state index in [1.54, 1.807) is 6.07 Å². The van der Waals surface area contributed by atoms with Gasteiger partial charge in [-0.2, -0.15) is 0 Å². The molecular weight excluding hydrogens is 305 g/mol. The Morgan fingerprint density at radius 3 is 2.75 bits per heavy atom. The summed E-state index contributed by atoms with van der Waals surface area (Å²) in [7, 11) is 0. The fourth-order valence-corrected chi connectivity index (χ4v) is 2.53. The van der Waals surface area contributed by atoms with Crippen molar-refractivity contribution in [3.05, 3.63) is 33.8 Å². The van der Waals surface area contributed by atoms with Crippen LogP contribution in [0.25, 0.3) is 0 Å². The number of carbonyl (C=O) groups excluding carboxylic acids is 1. The molecule has 1 atom stereocenters. The van der Waals surface area contributed by atoms with E-state index in [0.717, 1.165) is 0 Å². The molecular formula is C13H13Cl2NO4. The van der Waals surface area contributed by atoms with Gasteiger partial charge < -0.3 is 15.2 Å². The molecule has 20 heavy (non-hydrogen) atoms. The third-order valence-electron chi connectivity index (χ3n) is 3.14. The van der Waals surface area contributed by atoms with E-state index >= 15 is 0 Å². The van der Waals surface area contributed by atoms with Crippen molar-refractivity contribution in [2.45, 2.75) is 18.4 Å². The Morgan fingerprint density at radius 2 is 2.15 bits per heavy atom. The summed E-state index contributed by atoms with van der Waals surface area (Å²) in [4.78, 5) is 23.2. The SMILES string of the molecule is O=C(O)CC1(NC(=O)c2cc(Cl)ccc2Cl)CCOC1. The van der Waals surface area contributed by atoms with Gasteiger partial charge in [0.25, 0.3) is 5.91 Å². The van der Waals surface area contributed by atoms with E-state index in [1.807, 2.05) is 0 Å². The molecule has 0 bridgehead atoms. The monoisotopic (exact) mass is 317 g/mol. The van der Waals surface area contributed by atoms with Crippen molar-refractivity contribution < 1.29 is 19.4 Å². The zero-order chi connectivity index (χ0) is 14.8. The van der Waals surface area contributed by atoms with E-state index < -0.39 is 17.4 Å². The number of nitrogens with one attached hydrogen (secondary N) is 1. The minimum atomic E-state index is -0.993. The topological polar surface area (TPSA) is 75.6 Å². The summed E-state index contributed by atoms with van der Waals surface area (Å²) in [5.41, 5.74) is -0.676. The Balaban J connectivity index is 2.20. The zero-order valence-corrected chi connectivity index (χ0v) is 12.0. The number of halogens is 2. The van der Waals surface area contributed by atoms with Crippen LogP contribution in [0.3, 0.4) is 0 Å². The van der Waals surface area contributed by atoms with E-state index in [9.17, 15) is 9.59 Å². The van der Waals surface area contributed by atoms with Gasteiger partial charge in [0.15, 0.2) is 0 Å². The molecule has 1 saturated heterocycles. The molecule has 1 aliphatic rings. The van der Waals surface area contributed by atoms with Gasteiger partial charge in [-0.25, -0.2) is 0 Å². The van der Waals surface area contributed by atoms with Crippen LogP contribution in [0.4, 0.5) is 0 Å². The summed E-state index contributed by atoms with van der Waals surface area (Å²) in [6, 6.07) is 4.55. The van der Waals surface area contributed by atoms with Crippen molar-refractivity contribution in [1.82, 2.24) is 5.32 Å². The van der Waals surface area contributed by atoms with Crippen LogP contribution >= 0.6 is 23.2 Å². The van der Waals surface area contributed by atoms with Crippen LogP contribution < -0.4 is 5.32 Å². The number of carboxylic acid groups (broad SMARTS) is 1. The molecule has 1 fully saturated rings. The van der Waals surface area contributed by atoms with Gasteiger partial charge in [0.05, 0.1) is 29.2 Å². The van der Waals surface area contributed by atoms with Gasteiger partial charge in [0.2, 0.25) is 0 Å². The minimum absolute atomic E-state index is 0.170. The molecule has 7 heteroatoms. The van der Waals surface area contributed by atoms with E-state index in [1.165, 1.54) is 12.1 Å². The van der Waals surface area contributed by atoms with Gasteiger partial charge in [-0.1, -0.05) is 23.2 Å². The molecule has 1 heterocycles. The first-order valence-electron chi connectivity index (χ1n) is 5.99. The van der Waals surface area contributed by atoms with Crippen molar-refractivity contribution in [2.24, 2.45) is 0 Å². The first-order valence-corrected chi connectivity index (χ1v) is 6.75. The maximum atomic E-state index is 12.3. The summed E-state index contributed by atoms with van der Waals surface area (Å²) in [5, 5.41) is 12.3. The average Bonchev–Trinajstić information content (AvgIpc) is 2.79. The molecule has 1 aliphatic heterocycles. The van der Waals surface area contributed by atoms with Crippen LogP contribution in [0.1, 0.15) is 23.2 Å². The van der Waals surface area contributed by atoms with Crippen molar-refractivity contribution in [3.63, 3.8) is 0 Å². The number of rotatable bonds is 4. The normalized spacial score (nSPS) is 21.7. The van der Waals surface area contributed by atoms with Crippen molar-refractivity contribution in [3.8, 4) is 0 Å². The standard InChI is InChI=1S/C13H13Cl2NO4/c14-8-1-2-10(15)9(5-8)12(19)16-13(6-11(17)18)3-4-20-7-13/h1-2,5H,3-4,6-7H2,(H,16,19)(H,17,18). The van der Waals surface area contributed by atoms with Gasteiger partial charge in [-0.05, 0) is 24.6 Å². The second-order valence-corrected chi connectivity index (χ2v) is 5.58. The lowest BCUT2D eigenvalue weighted by molar-refractivity contribution is -0.138. The summed E-state index contributed by atoms with van der Waals surface area (Å²) in [5.74, 6) is -1.45. The fourth-order valence-electron chi connectivity index (χ4n) is 2.16. The van der Waals surface area contributed by atoms with Gasteiger partial charge in [0.1, 0.15) is 0 Å². The zero-order valence-electron chi connectivity index (χ0n) is 10.5. The minimum Gasteiger partial charge on any atom is -0.481 e. The maximum absolute atomic E-state index is 12.3. The first kappa shape index (κ1) is 15.1. The number of ether oxygens (including phenoxy) is 1. The highest BCUT2D eigenvalue weighted by atomic mass is 35.5. The quantitative estimate of drug-likeness (QED) is 0.893. The molecule has 0 saturated carbocycles. The number of carboxylic acids is 1. The number of carbonyl (C=O) groups is 2. The Labute approximate surface area is 125 Å². The maximum Gasteiger partial charge on any atom is 0.305 e. The number of aliphatic carboxylic acids is 1. The van der Waals surface area contributed by atoms with Gasteiger partial charge in [0, 0.05) is 11.6 Å². The third-order valence-corrected chi connectivity index (χ3v) is 3.71. The number of hydrogen-bond donors (Lipinski definition) is 2. The highest BCUT2D eigenvalue weighted by molar-refractivity contribution is 6.35. The fraction of sp³-hybridized carbons (Fsp3) is 0.385. The Morgan fingerprint density at radius 1 is 1.40 bits per heavy atom. The molecule has 2 rings (SSSR count). The Kier molecular flexibility index (Phi) is 4.52. The highest BCUT2D eigenvalue weighted by Gasteiger charge is 2.39. The summed E-state index contributed by atoms with van der Waals surface area (Å²) >= 11 is 11.8. The van der Waals surface area contributed by atoms with E-state index in [0.29, 0.717) is 18.1 Å². The van der Waals surface area contributed by atoms with Gasteiger partial charge in [-0.3, -0.25) is 9.59 Å². The Bertz CT molecular complexity index is 541. The van der Waals surface area contributed by atoms with Crippen molar-refractivity contribution in [1.29, 1.82) is 0 Å².